The number of carbonyl (C=O) groups excluding carboxylic acids is 1. The second kappa shape index (κ2) is 4.15. The van der Waals surface area contributed by atoms with Crippen molar-refractivity contribution in [3.8, 4) is 0 Å². The summed E-state index contributed by atoms with van der Waals surface area (Å²) in [6.07, 6.45) is 1.65. The average molecular weight is 223 g/mol. The van der Waals surface area contributed by atoms with Crippen molar-refractivity contribution in [3.63, 3.8) is 0 Å². The zero-order valence-corrected chi connectivity index (χ0v) is 9.88. The predicted octanol–water partition coefficient (Wildman–Crippen LogP) is 1.40. The molecule has 5 heteroatoms. The van der Waals surface area contributed by atoms with Crippen molar-refractivity contribution >= 4 is 6.09 Å². The quantitative estimate of drug-likeness (QED) is 0.778. The molecular weight excluding hydrogens is 206 g/mol. The molecule has 1 amide bonds. The van der Waals surface area contributed by atoms with Crippen molar-refractivity contribution in [2.45, 2.75) is 26.5 Å². The maximum absolute atomic E-state index is 11.6. The highest BCUT2D eigenvalue weighted by Gasteiger charge is 2.33. The third-order valence-electron chi connectivity index (χ3n) is 2.78. The molecule has 0 spiro atoms. The molecule has 0 bridgehead atoms. The Morgan fingerprint density at radius 3 is 2.88 bits per heavy atom. The molecule has 1 saturated heterocycles. The minimum Gasteiger partial charge on any atom is -0.444 e. The average Bonchev–Trinajstić information content (AvgIpc) is 2.75. The van der Waals surface area contributed by atoms with Crippen LogP contribution >= 0.6 is 0 Å². The number of hydrogen-bond donors (Lipinski definition) is 0. The second-order valence-corrected chi connectivity index (χ2v) is 4.53. The summed E-state index contributed by atoms with van der Waals surface area (Å²) < 4.78 is 7.00. The molecular formula is C11H17N3O2. The first-order chi connectivity index (χ1) is 7.56. The highest BCUT2D eigenvalue weighted by Crippen LogP contribution is 2.19. The Morgan fingerprint density at radius 2 is 2.38 bits per heavy atom. The van der Waals surface area contributed by atoms with E-state index in [9.17, 15) is 4.79 Å². The lowest BCUT2D eigenvalue weighted by atomic mass is 10.1. The Bertz CT molecular complexity index is 386. The maximum Gasteiger partial charge on any atom is 0.410 e. The molecule has 0 aliphatic carbocycles. The van der Waals surface area contributed by atoms with E-state index in [0.29, 0.717) is 19.0 Å². The number of cyclic esters (lactones) is 1. The van der Waals surface area contributed by atoms with Crippen LogP contribution in [-0.4, -0.2) is 33.4 Å². The lowest BCUT2D eigenvalue weighted by Gasteiger charge is -2.12. The number of aryl methyl sites for hydroxylation is 1. The van der Waals surface area contributed by atoms with Gasteiger partial charge in [-0.2, -0.15) is 5.10 Å². The van der Waals surface area contributed by atoms with Gasteiger partial charge in [0.05, 0.1) is 18.8 Å². The molecule has 1 aromatic rings. The van der Waals surface area contributed by atoms with Crippen LogP contribution in [0, 0.1) is 5.92 Å². The Morgan fingerprint density at radius 1 is 1.62 bits per heavy atom. The van der Waals surface area contributed by atoms with E-state index in [1.54, 1.807) is 9.58 Å². The van der Waals surface area contributed by atoms with E-state index in [-0.39, 0.29) is 12.2 Å². The summed E-state index contributed by atoms with van der Waals surface area (Å²) in [6.45, 7) is 5.31. The lowest BCUT2D eigenvalue weighted by molar-refractivity contribution is 0.111. The fourth-order valence-electron chi connectivity index (χ4n) is 1.75. The van der Waals surface area contributed by atoms with Crippen molar-refractivity contribution in [3.05, 3.63) is 18.0 Å². The van der Waals surface area contributed by atoms with Crippen molar-refractivity contribution in [2.75, 3.05) is 6.54 Å². The van der Waals surface area contributed by atoms with Crippen molar-refractivity contribution < 1.29 is 9.53 Å². The van der Waals surface area contributed by atoms with Gasteiger partial charge in [0.15, 0.2) is 0 Å². The van der Waals surface area contributed by atoms with E-state index < -0.39 is 0 Å². The van der Waals surface area contributed by atoms with E-state index in [2.05, 4.69) is 18.9 Å². The lowest BCUT2D eigenvalue weighted by Crippen LogP contribution is -2.26. The van der Waals surface area contributed by atoms with Crippen LogP contribution in [0.3, 0.4) is 0 Å². The fourth-order valence-corrected chi connectivity index (χ4v) is 1.75. The number of nitrogens with zero attached hydrogens (tertiary/aromatic N) is 3. The fraction of sp³-hybridized carbons (Fsp3) is 0.636. The molecule has 0 unspecified atom stereocenters. The standard InChI is InChI=1S/C11H17N3O2/c1-8(2)10-7-14(11(15)16-10)6-9-4-5-13(3)12-9/h4-5,8,10H,6-7H2,1-3H3/t10-/m1/s1. The highest BCUT2D eigenvalue weighted by atomic mass is 16.6. The monoisotopic (exact) mass is 223 g/mol. The van der Waals surface area contributed by atoms with Crippen LogP contribution < -0.4 is 0 Å². The van der Waals surface area contributed by atoms with Gasteiger partial charge >= 0.3 is 6.09 Å². The van der Waals surface area contributed by atoms with Crippen LogP contribution in [-0.2, 0) is 18.3 Å². The summed E-state index contributed by atoms with van der Waals surface area (Å²) >= 11 is 0. The molecule has 0 radical (unpaired) electrons. The largest absolute Gasteiger partial charge is 0.444 e. The molecule has 1 aliphatic rings. The third kappa shape index (κ3) is 2.18. The van der Waals surface area contributed by atoms with Gasteiger partial charge < -0.3 is 4.74 Å². The van der Waals surface area contributed by atoms with Crippen LogP contribution in [0.25, 0.3) is 0 Å². The summed E-state index contributed by atoms with van der Waals surface area (Å²) in [4.78, 5) is 13.3. The molecule has 0 saturated carbocycles. The predicted molar refractivity (Wildman–Crippen MR) is 58.7 cm³/mol. The van der Waals surface area contributed by atoms with Gasteiger partial charge in [0, 0.05) is 13.2 Å². The zero-order valence-electron chi connectivity index (χ0n) is 9.88. The van der Waals surface area contributed by atoms with Crippen LogP contribution in [0.4, 0.5) is 4.79 Å². The molecule has 2 rings (SSSR count). The molecule has 1 fully saturated rings. The van der Waals surface area contributed by atoms with E-state index in [0.717, 1.165) is 5.69 Å². The molecule has 88 valence electrons. The molecule has 1 aliphatic heterocycles. The van der Waals surface area contributed by atoms with E-state index >= 15 is 0 Å². The highest BCUT2D eigenvalue weighted by molar-refractivity contribution is 5.69. The molecule has 0 N–H and O–H groups in total. The van der Waals surface area contributed by atoms with Crippen LogP contribution in [0.5, 0.6) is 0 Å². The number of amides is 1. The second-order valence-electron chi connectivity index (χ2n) is 4.53. The van der Waals surface area contributed by atoms with E-state index in [1.165, 1.54) is 0 Å². The number of hydrogen-bond acceptors (Lipinski definition) is 3. The topological polar surface area (TPSA) is 47.4 Å². The van der Waals surface area contributed by atoms with Gasteiger partial charge in [0.1, 0.15) is 6.10 Å². The third-order valence-corrected chi connectivity index (χ3v) is 2.78. The molecule has 1 atom stereocenters. The number of carbonyl (C=O) groups is 1. The van der Waals surface area contributed by atoms with Crippen molar-refractivity contribution in [2.24, 2.45) is 13.0 Å². The summed E-state index contributed by atoms with van der Waals surface area (Å²) in [6, 6.07) is 1.91. The summed E-state index contributed by atoms with van der Waals surface area (Å²) in [5, 5.41) is 4.25. The SMILES string of the molecule is CC(C)[C@H]1CN(Cc2ccn(C)n2)C(=O)O1. The Balaban J connectivity index is 1.98. The van der Waals surface area contributed by atoms with Crippen LogP contribution in [0.15, 0.2) is 12.3 Å². The van der Waals surface area contributed by atoms with Crippen LogP contribution in [0.2, 0.25) is 0 Å². The summed E-state index contributed by atoms with van der Waals surface area (Å²) in [7, 11) is 1.86. The normalized spacial score (nSPS) is 20.6. The Labute approximate surface area is 95.0 Å². The molecule has 16 heavy (non-hydrogen) atoms. The van der Waals surface area contributed by atoms with E-state index in [4.69, 9.17) is 4.74 Å². The molecule has 0 aromatic carbocycles. The van der Waals surface area contributed by atoms with Crippen molar-refractivity contribution in [1.29, 1.82) is 0 Å². The van der Waals surface area contributed by atoms with Crippen LogP contribution in [0.1, 0.15) is 19.5 Å². The summed E-state index contributed by atoms with van der Waals surface area (Å²) in [5.41, 5.74) is 0.892. The minimum atomic E-state index is -0.232. The van der Waals surface area contributed by atoms with E-state index in [1.807, 2.05) is 19.3 Å². The first-order valence-corrected chi connectivity index (χ1v) is 5.50. The number of aromatic nitrogens is 2. The zero-order chi connectivity index (χ0) is 11.7. The minimum absolute atomic E-state index is 0.0104. The Kier molecular flexibility index (Phi) is 2.85. The van der Waals surface area contributed by atoms with Gasteiger partial charge in [-0.05, 0) is 12.0 Å². The van der Waals surface area contributed by atoms with Crippen molar-refractivity contribution in [1.82, 2.24) is 14.7 Å². The molecule has 2 heterocycles. The summed E-state index contributed by atoms with van der Waals surface area (Å²) in [5.74, 6) is 0.359. The van der Waals surface area contributed by atoms with Gasteiger partial charge in [-0.1, -0.05) is 13.8 Å². The van der Waals surface area contributed by atoms with Gasteiger partial charge in [0.2, 0.25) is 0 Å². The smallest absolute Gasteiger partial charge is 0.410 e. The molecule has 1 aromatic heterocycles. The first-order valence-electron chi connectivity index (χ1n) is 5.50. The molecule has 5 nitrogen and oxygen atoms in total. The Hall–Kier alpha value is -1.52. The van der Waals surface area contributed by atoms with Gasteiger partial charge in [-0.15, -0.1) is 0 Å². The van der Waals surface area contributed by atoms with Gasteiger partial charge in [-0.3, -0.25) is 9.58 Å². The first kappa shape index (κ1) is 11.0. The number of rotatable bonds is 3. The van der Waals surface area contributed by atoms with Gasteiger partial charge in [-0.25, -0.2) is 4.79 Å². The maximum atomic E-state index is 11.6. The van der Waals surface area contributed by atoms with Gasteiger partial charge in [0.25, 0.3) is 0 Å². The number of ether oxygens (including phenoxy) is 1.